The molecule has 0 saturated carbocycles. The smallest absolute Gasteiger partial charge is 0.360 e. The zero-order valence-electron chi connectivity index (χ0n) is 12.0. The molecule has 1 unspecified atom stereocenters. The lowest BCUT2D eigenvalue weighted by atomic mass is 10.1. The van der Waals surface area contributed by atoms with Gasteiger partial charge in [0, 0.05) is 0 Å². The number of carbonyl (C=O) groups is 1. The Morgan fingerprint density at radius 2 is 2.05 bits per heavy atom. The highest BCUT2D eigenvalue weighted by Gasteiger charge is 2.24. The summed E-state index contributed by atoms with van der Waals surface area (Å²) in [7, 11) is 0. The highest BCUT2D eigenvalue weighted by atomic mass is 19.1. The van der Waals surface area contributed by atoms with Gasteiger partial charge >= 0.3 is 5.97 Å². The first-order valence-electron chi connectivity index (χ1n) is 6.65. The fraction of sp³-hybridized carbons (Fsp3) is 0.250. The van der Waals surface area contributed by atoms with E-state index in [4.69, 9.17) is 4.74 Å². The Hall–Kier alpha value is -2.43. The van der Waals surface area contributed by atoms with Gasteiger partial charge in [-0.05, 0) is 19.4 Å². The van der Waals surface area contributed by atoms with Crippen LogP contribution >= 0.6 is 0 Å². The summed E-state index contributed by atoms with van der Waals surface area (Å²) >= 11 is 0. The van der Waals surface area contributed by atoms with Crippen LogP contribution in [-0.4, -0.2) is 21.6 Å². The van der Waals surface area contributed by atoms with Crippen molar-refractivity contribution in [1.29, 1.82) is 0 Å². The third-order valence-electron chi connectivity index (χ3n) is 3.27. The lowest BCUT2D eigenvalue weighted by Gasteiger charge is -2.17. The molecule has 5 heteroatoms. The summed E-state index contributed by atoms with van der Waals surface area (Å²) in [6, 6.07) is 9.25. The van der Waals surface area contributed by atoms with Gasteiger partial charge in [0.15, 0.2) is 5.69 Å². The van der Waals surface area contributed by atoms with E-state index in [-0.39, 0.29) is 11.7 Å². The number of hydrogen-bond donors (Lipinski definition) is 0. The minimum Gasteiger partial charge on any atom is -0.454 e. The summed E-state index contributed by atoms with van der Waals surface area (Å²) < 4.78 is 20.4. The molecule has 0 bridgehead atoms. The third kappa shape index (κ3) is 3.18. The topological polar surface area (TPSA) is 44.1 Å². The number of halogens is 1. The summed E-state index contributed by atoms with van der Waals surface area (Å²) in [5, 5.41) is 0. The molecule has 0 saturated heterocycles. The molecule has 110 valence electrons. The van der Waals surface area contributed by atoms with Crippen molar-refractivity contribution in [3.8, 4) is 0 Å². The van der Waals surface area contributed by atoms with Crippen molar-refractivity contribution in [2.75, 3.05) is 0 Å². The van der Waals surface area contributed by atoms with Crippen LogP contribution in [0.25, 0.3) is 0 Å². The summed E-state index contributed by atoms with van der Waals surface area (Å²) in [6.07, 6.45) is 2.28. The van der Waals surface area contributed by atoms with Crippen LogP contribution in [0.1, 0.15) is 35.9 Å². The van der Waals surface area contributed by atoms with Crippen molar-refractivity contribution in [3.63, 3.8) is 0 Å². The van der Waals surface area contributed by atoms with Crippen LogP contribution in [0.15, 0.2) is 49.3 Å². The minimum atomic E-state index is -0.834. The third-order valence-corrected chi connectivity index (χ3v) is 3.27. The monoisotopic (exact) mass is 288 g/mol. The molecule has 0 radical (unpaired) electrons. The van der Waals surface area contributed by atoms with Crippen molar-refractivity contribution in [2.45, 2.75) is 26.0 Å². The largest absolute Gasteiger partial charge is 0.454 e. The van der Waals surface area contributed by atoms with E-state index in [0.717, 1.165) is 5.56 Å². The molecule has 2 atom stereocenters. The quantitative estimate of drug-likeness (QED) is 0.626. The van der Waals surface area contributed by atoms with Crippen molar-refractivity contribution in [2.24, 2.45) is 0 Å². The Kier molecular flexibility index (Phi) is 4.52. The van der Waals surface area contributed by atoms with Crippen LogP contribution in [0.5, 0.6) is 0 Å². The van der Waals surface area contributed by atoms with Crippen LogP contribution in [0.3, 0.4) is 0 Å². The molecular formula is C16H17FN2O2. The fourth-order valence-corrected chi connectivity index (χ4v) is 1.99. The van der Waals surface area contributed by atoms with Gasteiger partial charge in [-0.3, -0.25) is 0 Å². The summed E-state index contributed by atoms with van der Waals surface area (Å²) in [6.45, 7) is 7.05. The van der Waals surface area contributed by atoms with Gasteiger partial charge in [-0.25, -0.2) is 9.78 Å². The van der Waals surface area contributed by atoms with Gasteiger partial charge in [0.25, 0.3) is 0 Å². The molecule has 1 aromatic heterocycles. The van der Waals surface area contributed by atoms with Gasteiger partial charge < -0.3 is 9.30 Å². The second-order valence-corrected chi connectivity index (χ2v) is 4.72. The van der Waals surface area contributed by atoms with E-state index in [2.05, 4.69) is 11.6 Å². The average molecular weight is 288 g/mol. The van der Waals surface area contributed by atoms with Crippen LogP contribution < -0.4 is 0 Å². The molecule has 1 heterocycles. The molecular weight excluding hydrogens is 271 g/mol. The van der Waals surface area contributed by atoms with Crippen molar-refractivity contribution < 1.29 is 13.9 Å². The first kappa shape index (κ1) is 15.0. The SMILES string of the molecule is C=CC(C)OC(=O)c1c(F)ncn1[C@H](C)c1ccccc1. The molecule has 1 aromatic carbocycles. The summed E-state index contributed by atoms with van der Waals surface area (Å²) in [5.41, 5.74) is 0.765. The number of benzene rings is 1. The molecule has 0 aliphatic heterocycles. The maximum Gasteiger partial charge on any atom is 0.360 e. The van der Waals surface area contributed by atoms with E-state index < -0.39 is 18.0 Å². The standard InChI is InChI=1S/C16H17FN2O2/c1-4-11(2)21-16(20)14-15(17)18-10-19(14)12(3)13-8-6-5-7-9-13/h4-12H,1H2,2-3H3/t11?,12-/m1/s1. The number of rotatable bonds is 5. The van der Waals surface area contributed by atoms with Gasteiger partial charge in [-0.2, -0.15) is 4.39 Å². The Bertz CT molecular complexity index is 637. The molecule has 4 nitrogen and oxygen atoms in total. The highest BCUT2D eigenvalue weighted by Crippen LogP contribution is 2.21. The van der Waals surface area contributed by atoms with E-state index in [1.165, 1.54) is 17.0 Å². The van der Waals surface area contributed by atoms with E-state index in [1.54, 1.807) is 6.92 Å². The Labute approximate surface area is 122 Å². The maximum absolute atomic E-state index is 13.8. The lowest BCUT2D eigenvalue weighted by molar-refractivity contribution is 0.0405. The predicted octanol–water partition coefficient (Wildman–Crippen LogP) is 3.36. The number of esters is 1. The van der Waals surface area contributed by atoms with E-state index >= 15 is 0 Å². The van der Waals surface area contributed by atoms with Gasteiger partial charge in [0.05, 0.1) is 12.4 Å². The predicted molar refractivity (Wildman–Crippen MR) is 77.5 cm³/mol. The first-order chi connectivity index (χ1) is 10.0. The summed E-state index contributed by atoms with van der Waals surface area (Å²) in [4.78, 5) is 15.7. The number of nitrogens with zero attached hydrogens (tertiary/aromatic N) is 2. The molecule has 0 aliphatic rings. The van der Waals surface area contributed by atoms with Gasteiger partial charge in [-0.15, -0.1) is 0 Å². The van der Waals surface area contributed by atoms with E-state index in [9.17, 15) is 9.18 Å². The van der Waals surface area contributed by atoms with E-state index in [1.807, 2.05) is 37.3 Å². The molecule has 0 amide bonds. The summed E-state index contributed by atoms with van der Waals surface area (Å²) in [5.74, 6) is -1.58. The van der Waals surface area contributed by atoms with Gasteiger partial charge in [0.2, 0.25) is 5.95 Å². The zero-order valence-corrected chi connectivity index (χ0v) is 12.0. The molecule has 2 aromatic rings. The second-order valence-electron chi connectivity index (χ2n) is 4.72. The molecule has 2 rings (SSSR count). The number of ether oxygens (including phenoxy) is 1. The molecule has 21 heavy (non-hydrogen) atoms. The van der Waals surface area contributed by atoms with Crippen LogP contribution in [0, 0.1) is 5.95 Å². The van der Waals surface area contributed by atoms with Crippen molar-refractivity contribution >= 4 is 5.97 Å². The zero-order chi connectivity index (χ0) is 15.4. The average Bonchev–Trinajstić information content (AvgIpc) is 2.89. The number of imidazole rings is 1. The number of hydrogen-bond acceptors (Lipinski definition) is 3. The number of carbonyl (C=O) groups excluding carboxylic acids is 1. The van der Waals surface area contributed by atoms with Gasteiger partial charge in [-0.1, -0.05) is 43.0 Å². The van der Waals surface area contributed by atoms with Crippen LogP contribution in [0.4, 0.5) is 4.39 Å². The Balaban J connectivity index is 2.34. The molecule has 0 spiro atoms. The van der Waals surface area contributed by atoms with Crippen molar-refractivity contribution in [3.05, 3.63) is 66.5 Å². The van der Waals surface area contributed by atoms with Gasteiger partial charge in [0.1, 0.15) is 6.10 Å². The fourth-order valence-electron chi connectivity index (χ4n) is 1.99. The second kappa shape index (κ2) is 6.35. The lowest BCUT2D eigenvalue weighted by Crippen LogP contribution is -2.20. The normalized spacial score (nSPS) is 13.5. The van der Waals surface area contributed by atoms with Crippen molar-refractivity contribution in [1.82, 2.24) is 9.55 Å². The van der Waals surface area contributed by atoms with Crippen LogP contribution in [-0.2, 0) is 4.74 Å². The Morgan fingerprint density at radius 1 is 1.38 bits per heavy atom. The minimum absolute atomic E-state index is 0.181. The van der Waals surface area contributed by atoms with E-state index in [0.29, 0.717) is 0 Å². The molecule has 0 aliphatic carbocycles. The highest BCUT2D eigenvalue weighted by molar-refractivity contribution is 5.88. The molecule has 0 N–H and O–H groups in total. The Morgan fingerprint density at radius 3 is 2.67 bits per heavy atom. The maximum atomic E-state index is 13.8. The molecule has 0 fully saturated rings. The number of aromatic nitrogens is 2. The first-order valence-corrected chi connectivity index (χ1v) is 6.65. The van der Waals surface area contributed by atoms with Crippen LogP contribution in [0.2, 0.25) is 0 Å².